The Morgan fingerprint density at radius 3 is 2.61 bits per heavy atom. The van der Waals surface area contributed by atoms with E-state index in [9.17, 15) is 4.79 Å². The van der Waals surface area contributed by atoms with Gasteiger partial charge in [0, 0.05) is 11.8 Å². The summed E-state index contributed by atoms with van der Waals surface area (Å²) in [5.74, 6) is -0.151. The third kappa shape index (κ3) is 4.81. The average molecular weight is 395 g/mol. The van der Waals surface area contributed by atoms with Crippen molar-refractivity contribution in [3.63, 3.8) is 0 Å². The van der Waals surface area contributed by atoms with Gasteiger partial charge in [-0.3, -0.25) is 9.78 Å². The lowest BCUT2D eigenvalue weighted by Crippen LogP contribution is -2.28. The maximum atomic E-state index is 12.7. The SMILES string of the molecule is CC[C@@H](NC(=O)c1ccc(NCc2ncccc2Cl)c(N)c1)c1ccccc1. The van der Waals surface area contributed by atoms with Crippen molar-refractivity contribution in [1.82, 2.24) is 10.3 Å². The van der Waals surface area contributed by atoms with Gasteiger partial charge in [0.2, 0.25) is 0 Å². The number of aromatic nitrogens is 1. The fourth-order valence-corrected chi connectivity index (χ4v) is 3.13. The molecule has 3 aromatic rings. The van der Waals surface area contributed by atoms with E-state index >= 15 is 0 Å². The van der Waals surface area contributed by atoms with Crippen LogP contribution >= 0.6 is 11.6 Å². The first-order valence-electron chi connectivity index (χ1n) is 9.17. The van der Waals surface area contributed by atoms with E-state index in [0.29, 0.717) is 22.8 Å². The third-order valence-corrected chi connectivity index (χ3v) is 4.85. The fraction of sp³-hybridized carbons (Fsp3) is 0.182. The molecule has 1 aromatic heterocycles. The van der Waals surface area contributed by atoms with Gasteiger partial charge in [-0.1, -0.05) is 48.9 Å². The van der Waals surface area contributed by atoms with Crippen LogP contribution in [0.3, 0.4) is 0 Å². The molecule has 0 radical (unpaired) electrons. The highest BCUT2D eigenvalue weighted by Gasteiger charge is 2.15. The number of hydrogen-bond donors (Lipinski definition) is 3. The summed E-state index contributed by atoms with van der Waals surface area (Å²) in [5.41, 5.74) is 9.70. The minimum atomic E-state index is -0.151. The molecule has 4 N–H and O–H groups in total. The van der Waals surface area contributed by atoms with E-state index in [4.69, 9.17) is 17.3 Å². The lowest BCUT2D eigenvalue weighted by atomic mass is 10.0. The van der Waals surface area contributed by atoms with Crippen LogP contribution in [0.4, 0.5) is 11.4 Å². The normalized spacial score (nSPS) is 11.6. The number of benzene rings is 2. The quantitative estimate of drug-likeness (QED) is 0.502. The van der Waals surface area contributed by atoms with Crippen molar-refractivity contribution in [3.8, 4) is 0 Å². The summed E-state index contributed by atoms with van der Waals surface area (Å²) in [7, 11) is 0. The number of nitrogens with one attached hydrogen (secondary N) is 2. The lowest BCUT2D eigenvalue weighted by molar-refractivity contribution is 0.0935. The van der Waals surface area contributed by atoms with Gasteiger partial charge in [0.15, 0.2) is 0 Å². The van der Waals surface area contributed by atoms with Gasteiger partial charge in [0.05, 0.1) is 34.7 Å². The van der Waals surface area contributed by atoms with Gasteiger partial charge in [0.25, 0.3) is 5.91 Å². The molecule has 0 saturated carbocycles. The van der Waals surface area contributed by atoms with Crippen LogP contribution < -0.4 is 16.4 Å². The molecule has 1 atom stereocenters. The van der Waals surface area contributed by atoms with Gasteiger partial charge in [-0.25, -0.2) is 0 Å². The van der Waals surface area contributed by atoms with Crippen LogP contribution in [0.25, 0.3) is 0 Å². The smallest absolute Gasteiger partial charge is 0.251 e. The van der Waals surface area contributed by atoms with E-state index in [-0.39, 0.29) is 11.9 Å². The largest absolute Gasteiger partial charge is 0.397 e. The van der Waals surface area contributed by atoms with Gasteiger partial charge in [-0.2, -0.15) is 0 Å². The summed E-state index contributed by atoms with van der Waals surface area (Å²) in [6, 6.07) is 18.7. The van der Waals surface area contributed by atoms with E-state index in [1.165, 1.54) is 0 Å². The predicted octanol–water partition coefficient (Wildman–Crippen LogP) is 4.81. The molecule has 3 rings (SSSR count). The zero-order valence-corrected chi connectivity index (χ0v) is 16.4. The number of carbonyl (C=O) groups is 1. The highest BCUT2D eigenvalue weighted by molar-refractivity contribution is 6.31. The molecule has 0 aliphatic heterocycles. The van der Waals surface area contributed by atoms with Crippen LogP contribution in [0.5, 0.6) is 0 Å². The molecule has 2 aromatic carbocycles. The Hall–Kier alpha value is -3.05. The topological polar surface area (TPSA) is 80.0 Å². The van der Waals surface area contributed by atoms with E-state index < -0.39 is 0 Å². The summed E-state index contributed by atoms with van der Waals surface area (Å²) in [6.07, 6.45) is 2.49. The molecule has 144 valence electrons. The van der Waals surface area contributed by atoms with E-state index in [1.54, 1.807) is 36.5 Å². The Morgan fingerprint density at radius 2 is 1.93 bits per heavy atom. The molecule has 1 heterocycles. The second kappa shape index (κ2) is 9.24. The van der Waals surface area contributed by atoms with Crippen LogP contribution in [-0.4, -0.2) is 10.9 Å². The van der Waals surface area contributed by atoms with Crippen LogP contribution in [0.15, 0.2) is 66.9 Å². The van der Waals surface area contributed by atoms with E-state index in [1.807, 2.05) is 37.3 Å². The first-order chi connectivity index (χ1) is 13.6. The van der Waals surface area contributed by atoms with Crippen molar-refractivity contribution >= 4 is 28.9 Å². The lowest BCUT2D eigenvalue weighted by Gasteiger charge is -2.18. The van der Waals surface area contributed by atoms with Crippen molar-refractivity contribution < 1.29 is 4.79 Å². The van der Waals surface area contributed by atoms with Gasteiger partial charge in [0.1, 0.15) is 0 Å². The predicted molar refractivity (Wildman–Crippen MR) is 114 cm³/mol. The molecule has 6 heteroatoms. The Bertz CT molecular complexity index is 946. The molecule has 1 amide bonds. The maximum absolute atomic E-state index is 12.7. The van der Waals surface area contributed by atoms with Crippen molar-refractivity contribution in [2.45, 2.75) is 25.9 Å². The van der Waals surface area contributed by atoms with Crippen LogP contribution in [0.1, 0.15) is 41.0 Å². The van der Waals surface area contributed by atoms with Gasteiger partial charge < -0.3 is 16.4 Å². The maximum Gasteiger partial charge on any atom is 0.251 e. The summed E-state index contributed by atoms with van der Waals surface area (Å²) < 4.78 is 0. The third-order valence-electron chi connectivity index (χ3n) is 4.51. The molecule has 0 fully saturated rings. The van der Waals surface area contributed by atoms with E-state index in [0.717, 1.165) is 23.4 Å². The number of anilines is 2. The number of hydrogen-bond acceptors (Lipinski definition) is 4. The molecule has 0 unspecified atom stereocenters. The average Bonchev–Trinajstić information content (AvgIpc) is 2.72. The Labute approximate surface area is 169 Å². The molecule has 5 nitrogen and oxygen atoms in total. The molecule has 28 heavy (non-hydrogen) atoms. The second-order valence-electron chi connectivity index (χ2n) is 6.43. The molecule has 0 aliphatic rings. The number of nitrogen functional groups attached to an aromatic ring is 1. The fourth-order valence-electron chi connectivity index (χ4n) is 2.94. The van der Waals surface area contributed by atoms with Crippen molar-refractivity contribution in [2.75, 3.05) is 11.1 Å². The monoisotopic (exact) mass is 394 g/mol. The Balaban J connectivity index is 1.67. The minimum absolute atomic E-state index is 0.0426. The Kier molecular flexibility index (Phi) is 6.50. The number of pyridine rings is 1. The van der Waals surface area contributed by atoms with Crippen LogP contribution in [0, 0.1) is 0 Å². The van der Waals surface area contributed by atoms with Gasteiger partial charge in [-0.15, -0.1) is 0 Å². The Morgan fingerprint density at radius 1 is 1.14 bits per heavy atom. The van der Waals surface area contributed by atoms with Crippen LogP contribution in [-0.2, 0) is 6.54 Å². The summed E-state index contributed by atoms with van der Waals surface area (Å²) in [4.78, 5) is 16.9. The standard InChI is InChI=1S/C22H23ClN4O/c1-2-19(15-7-4-3-5-8-15)27-22(28)16-10-11-20(18(24)13-16)26-14-21-17(23)9-6-12-25-21/h3-13,19,26H,2,14,24H2,1H3,(H,27,28)/t19-/m1/s1. The van der Waals surface area contributed by atoms with Crippen molar-refractivity contribution in [1.29, 1.82) is 0 Å². The number of carbonyl (C=O) groups excluding carboxylic acids is 1. The van der Waals surface area contributed by atoms with Gasteiger partial charge in [-0.05, 0) is 42.3 Å². The number of amides is 1. The zero-order chi connectivity index (χ0) is 19.9. The van der Waals surface area contributed by atoms with Crippen LogP contribution in [0.2, 0.25) is 5.02 Å². The number of nitrogens with zero attached hydrogens (tertiary/aromatic N) is 1. The molecular formula is C22H23ClN4O. The molecule has 0 spiro atoms. The summed E-state index contributed by atoms with van der Waals surface area (Å²) in [6.45, 7) is 2.49. The van der Waals surface area contributed by atoms with Crippen molar-refractivity contribution in [2.24, 2.45) is 0 Å². The van der Waals surface area contributed by atoms with Crippen molar-refractivity contribution in [3.05, 3.63) is 88.7 Å². The highest BCUT2D eigenvalue weighted by atomic mass is 35.5. The molecular weight excluding hydrogens is 372 g/mol. The summed E-state index contributed by atoms with van der Waals surface area (Å²) >= 11 is 6.12. The summed E-state index contributed by atoms with van der Waals surface area (Å²) in [5, 5.41) is 6.87. The minimum Gasteiger partial charge on any atom is -0.397 e. The van der Waals surface area contributed by atoms with Gasteiger partial charge >= 0.3 is 0 Å². The number of rotatable bonds is 7. The number of nitrogens with two attached hydrogens (primary N) is 1. The molecule has 0 saturated heterocycles. The molecule has 0 bridgehead atoms. The zero-order valence-electron chi connectivity index (χ0n) is 15.7. The highest BCUT2D eigenvalue weighted by Crippen LogP contribution is 2.23. The van der Waals surface area contributed by atoms with E-state index in [2.05, 4.69) is 15.6 Å². The first-order valence-corrected chi connectivity index (χ1v) is 9.55. The first kappa shape index (κ1) is 19.7. The second-order valence-corrected chi connectivity index (χ2v) is 6.84. The number of halogens is 1. The molecule has 0 aliphatic carbocycles.